The number of amides is 2. The van der Waals surface area contributed by atoms with Gasteiger partial charge in [-0.2, -0.15) is 0 Å². The second kappa shape index (κ2) is 4.28. The Bertz CT molecular complexity index is 660. The van der Waals surface area contributed by atoms with Gasteiger partial charge < -0.3 is 15.2 Å². The lowest BCUT2D eigenvalue weighted by Crippen LogP contribution is -2.37. The van der Waals surface area contributed by atoms with Crippen LogP contribution in [0.5, 0.6) is 0 Å². The summed E-state index contributed by atoms with van der Waals surface area (Å²) in [6.45, 7) is 0.307. The van der Waals surface area contributed by atoms with Crippen LogP contribution in [0.25, 0.3) is 5.69 Å². The summed E-state index contributed by atoms with van der Waals surface area (Å²) in [5.41, 5.74) is 7.59. The van der Waals surface area contributed by atoms with Crippen molar-refractivity contribution >= 4 is 11.8 Å². The molecule has 0 saturated heterocycles. The van der Waals surface area contributed by atoms with Crippen molar-refractivity contribution in [1.82, 2.24) is 9.47 Å². The molecule has 0 unspecified atom stereocenters. The van der Waals surface area contributed by atoms with Gasteiger partial charge in [0.15, 0.2) is 0 Å². The number of hydrogen-bond acceptors (Lipinski definition) is 2. The molecule has 0 bridgehead atoms. The van der Waals surface area contributed by atoms with Crippen LogP contribution in [-0.2, 0) is 11.3 Å². The van der Waals surface area contributed by atoms with E-state index in [0.717, 1.165) is 11.4 Å². The minimum Gasteiger partial charge on any atom is -0.368 e. The highest BCUT2D eigenvalue weighted by Gasteiger charge is 2.25. The van der Waals surface area contributed by atoms with Crippen molar-refractivity contribution in [3.05, 3.63) is 53.9 Å². The second-order valence-electron chi connectivity index (χ2n) is 4.51. The molecule has 0 radical (unpaired) electrons. The standard InChI is InChI=1S/C14H13N3O2/c15-13(18)9-16-8-10-4-3-7-17(10)12-6-2-1-5-11(12)14(16)19/h1-7H,8-9H2,(H2,15,18). The Morgan fingerprint density at radius 3 is 2.79 bits per heavy atom. The summed E-state index contributed by atoms with van der Waals surface area (Å²) in [6.07, 6.45) is 1.91. The molecule has 3 rings (SSSR count). The second-order valence-corrected chi connectivity index (χ2v) is 4.51. The van der Waals surface area contributed by atoms with Gasteiger partial charge in [0, 0.05) is 11.9 Å². The van der Waals surface area contributed by atoms with Crippen LogP contribution in [0.2, 0.25) is 0 Å². The fourth-order valence-electron chi connectivity index (χ4n) is 2.40. The van der Waals surface area contributed by atoms with Crippen molar-refractivity contribution in [1.29, 1.82) is 0 Å². The Balaban J connectivity index is 2.16. The first-order chi connectivity index (χ1) is 9.16. The molecule has 2 N–H and O–H groups in total. The molecular weight excluding hydrogens is 242 g/mol. The number of hydrogen-bond donors (Lipinski definition) is 1. The van der Waals surface area contributed by atoms with Crippen LogP contribution in [0, 0.1) is 0 Å². The Morgan fingerprint density at radius 1 is 1.21 bits per heavy atom. The number of para-hydroxylation sites is 1. The molecule has 0 aliphatic carbocycles. The summed E-state index contributed by atoms with van der Waals surface area (Å²) >= 11 is 0. The van der Waals surface area contributed by atoms with Gasteiger partial charge in [-0.3, -0.25) is 9.59 Å². The zero-order valence-corrected chi connectivity index (χ0v) is 10.2. The van der Waals surface area contributed by atoms with Crippen LogP contribution in [0.1, 0.15) is 16.1 Å². The average molecular weight is 255 g/mol. The Hall–Kier alpha value is -2.56. The predicted octanol–water partition coefficient (Wildman–Crippen LogP) is 0.918. The van der Waals surface area contributed by atoms with Gasteiger partial charge in [0.2, 0.25) is 5.91 Å². The number of carbonyl (C=O) groups excluding carboxylic acids is 2. The molecule has 2 aromatic rings. The lowest BCUT2D eigenvalue weighted by atomic mass is 10.1. The van der Waals surface area contributed by atoms with Crippen molar-refractivity contribution in [2.24, 2.45) is 5.73 Å². The fourth-order valence-corrected chi connectivity index (χ4v) is 2.40. The smallest absolute Gasteiger partial charge is 0.256 e. The van der Waals surface area contributed by atoms with Gasteiger partial charge in [0.1, 0.15) is 6.54 Å². The summed E-state index contributed by atoms with van der Waals surface area (Å²) < 4.78 is 1.97. The molecule has 0 saturated carbocycles. The van der Waals surface area contributed by atoms with Crippen molar-refractivity contribution in [3.8, 4) is 5.69 Å². The van der Waals surface area contributed by atoms with E-state index in [1.54, 1.807) is 6.07 Å². The molecule has 1 aromatic carbocycles. The van der Waals surface area contributed by atoms with E-state index in [0.29, 0.717) is 12.1 Å². The molecule has 1 aromatic heterocycles. The highest BCUT2D eigenvalue weighted by molar-refractivity contribution is 5.99. The summed E-state index contributed by atoms with van der Waals surface area (Å²) in [4.78, 5) is 25.0. The van der Waals surface area contributed by atoms with Crippen LogP contribution < -0.4 is 5.73 Å². The lowest BCUT2D eigenvalue weighted by Gasteiger charge is -2.18. The quantitative estimate of drug-likeness (QED) is 0.867. The first-order valence-corrected chi connectivity index (χ1v) is 6.00. The maximum Gasteiger partial charge on any atom is 0.256 e. The van der Waals surface area contributed by atoms with Crippen LogP contribution in [0.4, 0.5) is 0 Å². The van der Waals surface area contributed by atoms with Crippen LogP contribution in [0.15, 0.2) is 42.6 Å². The van der Waals surface area contributed by atoms with Crippen LogP contribution in [-0.4, -0.2) is 27.8 Å². The maximum absolute atomic E-state index is 12.4. The molecule has 0 atom stereocenters. The average Bonchev–Trinajstić information content (AvgIpc) is 2.81. The summed E-state index contributed by atoms with van der Waals surface area (Å²) in [7, 11) is 0. The van der Waals surface area contributed by atoms with Gasteiger partial charge >= 0.3 is 0 Å². The largest absolute Gasteiger partial charge is 0.368 e. The molecule has 5 nitrogen and oxygen atoms in total. The third kappa shape index (κ3) is 1.89. The molecule has 1 aliphatic heterocycles. The van der Waals surface area contributed by atoms with Gasteiger partial charge in [-0.1, -0.05) is 12.1 Å². The number of carbonyl (C=O) groups is 2. The number of nitrogens with zero attached hydrogens (tertiary/aromatic N) is 2. The number of fused-ring (bicyclic) bond motifs is 3. The Morgan fingerprint density at radius 2 is 2.00 bits per heavy atom. The molecule has 5 heteroatoms. The van der Waals surface area contributed by atoms with E-state index < -0.39 is 5.91 Å². The molecule has 0 spiro atoms. The SMILES string of the molecule is NC(=O)CN1Cc2cccn2-c2ccccc2C1=O. The molecule has 1 aliphatic rings. The first kappa shape index (κ1) is 11.5. The van der Waals surface area contributed by atoms with Gasteiger partial charge in [0.05, 0.1) is 17.8 Å². The topological polar surface area (TPSA) is 68.3 Å². The maximum atomic E-state index is 12.4. The number of aromatic nitrogens is 1. The van der Waals surface area contributed by atoms with Gasteiger partial charge in [-0.15, -0.1) is 0 Å². The zero-order chi connectivity index (χ0) is 13.4. The fraction of sp³-hybridized carbons (Fsp3) is 0.143. The zero-order valence-electron chi connectivity index (χ0n) is 10.2. The molecule has 2 amide bonds. The number of primary amides is 1. The molecule has 2 heterocycles. The minimum atomic E-state index is -0.508. The lowest BCUT2D eigenvalue weighted by molar-refractivity contribution is -0.118. The predicted molar refractivity (Wildman–Crippen MR) is 69.7 cm³/mol. The monoisotopic (exact) mass is 255 g/mol. The number of rotatable bonds is 2. The van der Waals surface area contributed by atoms with E-state index in [9.17, 15) is 9.59 Å². The van der Waals surface area contributed by atoms with E-state index in [-0.39, 0.29) is 12.5 Å². The molecule has 0 fully saturated rings. The van der Waals surface area contributed by atoms with Crippen LogP contribution in [0.3, 0.4) is 0 Å². The minimum absolute atomic E-state index is 0.0711. The Kier molecular flexibility index (Phi) is 2.59. The van der Waals surface area contributed by atoms with E-state index >= 15 is 0 Å². The van der Waals surface area contributed by atoms with E-state index in [1.165, 1.54) is 4.90 Å². The van der Waals surface area contributed by atoms with Gasteiger partial charge in [0.25, 0.3) is 5.91 Å². The summed E-state index contributed by atoms with van der Waals surface area (Å²) in [5, 5.41) is 0. The summed E-state index contributed by atoms with van der Waals surface area (Å²) in [5.74, 6) is -0.677. The highest BCUT2D eigenvalue weighted by Crippen LogP contribution is 2.24. The van der Waals surface area contributed by atoms with Crippen molar-refractivity contribution in [2.45, 2.75) is 6.54 Å². The normalized spacial score (nSPS) is 13.7. The molecule has 96 valence electrons. The molecular formula is C14H13N3O2. The van der Waals surface area contributed by atoms with Gasteiger partial charge in [-0.05, 0) is 24.3 Å². The third-order valence-electron chi connectivity index (χ3n) is 3.21. The van der Waals surface area contributed by atoms with E-state index in [2.05, 4.69) is 0 Å². The third-order valence-corrected chi connectivity index (χ3v) is 3.21. The molecule has 19 heavy (non-hydrogen) atoms. The number of benzene rings is 1. The first-order valence-electron chi connectivity index (χ1n) is 6.00. The van der Waals surface area contributed by atoms with Crippen molar-refractivity contribution < 1.29 is 9.59 Å². The number of nitrogens with two attached hydrogens (primary N) is 1. The summed E-state index contributed by atoms with van der Waals surface area (Å²) in [6, 6.07) is 11.2. The van der Waals surface area contributed by atoms with E-state index in [1.807, 2.05) is 41.1 Å². The highest BCUT2D eigenvalue weighted by atomic mass is 16.2. The van der Waals surface area contributed by atoms with Crippen LogP contribution >= 0.6 is 0 Å². The van der Waals surface area contributed by atoms with Gasteiger partial charge in [-0.25, -0.2) is 0 Å². The van der Waals surface area contributed by atoms with Crippen molar-refractivity contribution in [2.75, 3.05) is 6.54 Å². The van der Waals surface area contributed by atoms with E-state index in [4.69, 9.17) is 5.73 Å². The Labute approximate surface area is 110 Å². The van der Waals surface area contributed by atoms with Crippen molar-refractivity contribution in [3.63, 3.8) is 0 Å².